The summed E-state index contributed by atoms with van der Waals surface area (Å²) in [5, 5.41) is 12.7. The maximum atomic E-state index is 9.22. The Bertz CT molecular complexity index is 382. The first-order chi connectivity index (χ1) is 9.13. The van der Waals surface area contributed by atoms with Gasteiger partial charge in [-0.3, -0.25) is 0 Å². The predicted octanol–water partition coefficient (Wildman–Crippen LogP) is 2.38. The molecule has 19 heavy (non-hydrogen) atoms. The number of ether oxygens (including phenoxy) is 1. The lowest BCUT2D eigenvalue weighted by atomic mass is 10.1. The fourth-order valence-corrected chi connectivity index (χ4v) is 2.16. The quantitative estimate of drug-likeness (QED) is 0.708. The van der Waals surface area contributed by atoms with Gasteiger partial charge < -0.3 is 15.2 Å². The van der Waals surface area contributed by atoms with Crippen LogP contribution in [0.2, 0.25) is 0 Å². The number of hydrogen-bond acceptors (Lipinski definition) is 3. The zero-order chi connectivity index (χ0) is 13.7. The van der Waals surface area contributed by atoms with Crippen molar-refractivity contribution in [2.24, 2.45) is 5.41 Å². The SMILES string of the molecule is CC(C)Oc1ccc(CCNCC2(CO)CC2)cc1. The molecule has 0 radical (unpaired) electrons. The van der Waals surface area contributed by atoms with Crippen LogP contribution in [0, 0.1) is 5.41 Å². The molecule has 0 unspecified atom stereocenters. The lowest BCUT2D eigenvalue weighted by Gasteiger charge is -2.13. The van der Waals surface area contributed by atoms with Crippen molar-refractivity contribution in [3.63, 3.8) is 0 Å². The number of hydrogen-bond donors (Lipinski definition) is 2. The molecule has 0 saturated heterocycles. The maximum Gasteiger partial charge on any atom is 0.119 e. The summed E-state index contributed by atoms with van der Waals surface area (Å²) in [4.78, 5) is 0. The van der Waals surface area contributed by atoms with E-state index in [2.05, 4.69) is 17.4 Å². The van der Waals surface area contributed by atoms with Gasteiger partial charge in [-0.1, -0.05) is 12.1 Å². The molecule has 1 aromatic carbocycles. The van der Waals surface area contributed by atoms with Gasteiger partial charge in [0.2, 0.25) is 0 Å². The van der Waals surface area contributed by atoms with E-state index < -0.39 is 0 Å². The number of aliphatic hydroxyl groups is 1. The van der Waals surface area contributed by atoms with Gasteiger partial charge >= 0.3 is 0 Å². The van der Waals surface area contributed by atoms with Gasteiger partial charge in [-0.05, 0) is 57.4 Å². The highest BCUT2D eigenvalue weighted by Gasteiger charge is 2.41. The van der Waals surface area contributed by atoms with Crippen molar-refractivity contribution < 1.29 is 9.84 Å². The summed E-state index contributed by atoms with van der Waals surface area (Å²) < 4.78 is 5.62. The van der Waals surface area contributed by atoms with Crippen LogP contribution in [0.5, 0.6) is 5.75 Å². The summed E-state index contributed by atoms with van der Waals surface area (Å²) in [7, 11) is 0. The largest absolute Gasteiger partial charge is 0.491 e. The van der Waals surface area contributed by atoms with Crippen LogP contribution in [-0.2, 0) is 6.42 Å². The van der Waals surface area contributed by atoms with E-state index in [1.807, 2.05) is 26.0 Å². The van der Waals surface area contributed by atoms with Crippen molar-refractivity contribution in [1.82, 2.24) is 5.32 Å². The zero-order valence-electron chi connectivity index (χ0n) is 12.0. The number of rotatable bonds is 8. The van der Waals surface area contributed by atoms with Crippen LogP contribution < -0.4 is 10.1 Å². The van der Waals surface area contributed by atoms with E-state index in [1.54, 1.807) is 0 Å². The molecular weight excluding hydrogens is 238 g/mol. The molecule has 2 rings (SSSR count). The Kier molecular flexibility index (Phi) is 4.83. The molecule has 2 N–H and O–H groups in total. The molecule has 0 spiro atoms. The minimum absolute atomic E-state index is 0.203. The van der Waals surface area contributed by atoms with Gasteiger partial charge in [-0.2, -0.15) is 0 Å². The van der Waals surface area contributed by atoms with Crippen molar-refractivity contribution in [3.05, 3.63) is 29.8 Å². The molecule has 3 heteroatoms. The molecule has 0 amide bonds. The topological polar surface area (TPSA) is 41.5 Å². The molecule has 0 bridgehead atoms. The first-order valence-corrected chi connectivity index (χ1v) is 7.21. The summed E-state index contributed by atoms with van der Waals surface area (Å²) >= 11 is 0. The molecule has 0 atom stereocenters. The fraction of sp³-hybridized carbons (Fsp3) is 0.625. The first-order valence-electron chi connectivity index (χ1n) is 7.21. The molecule has 1 aliphatic rings. The Morgan fingerprint density at radius 3 is 2.47 bits per heavy atom. The van der Waals surface area contributed by atoms with E-state index in [9.17, 15) is 5.11 Å². The predicted molar refractivity (Wildman–Crippen MR) is 77.5 cm³/mol. The van der Waals surface area contributed by atoms with Gasteiger partial charge in [-0.15, -0.1) is 0 Å². The maximum absolute atomic E-state index is 9.22. The standard InChI is InChI=1S/C16H25NO2/c1-13(2)19-15-5-3-14(4-6-15)7-10-17-11-16(12-18)8-9-16/h3-6,13,17-18H,7-12H2,1-2H3. The molecule has 0 heterocycles. The van der Waals surface area contributed by atoms with E-state index in [1.165, 1.54) is 5.56 Å². The number of nitrogens with one attached hydrogen (secondary N) is 1. The van der Waals surface area contributed by atoms with Gasteiger partial charge in [-0.25, -0.2) is 0 Å². The zero-order valence-corrected chi connectivity index (χ0v) is 12.0. The third-order valence-corrected chi connectivity index (χ3v) is 3.68. The van der Waals surface area contributed by atoms with Gasteiger partial charge in [0.15, 0.2) is 0 Å². The van der Waals surface area contributed by atoms with E-state index >= 15 is 0 Å². The summed E-state index contributed by atoms with van der Waals surface area (Å²) in [6.07, 6.45) is 3.57. The molecule has 1 fully saturated rings. The van der Waals surface area contributed by atoms with Crippen LogP contribution in [0.15, 0.2) is 24.3 Å². The minimum atomic E-state index is 0.203. The second-order valence-corrected chi connectivity index (χ2v) is 5.90. The van der Waals surface area contributed by atoms with Crippen molar-refractivity contribution in [2.45, 2.75) is 39.2 Å². The van der Waals surface area contributed by atoms with E-state index in [4.69, 9.17) is 4.74 Å². The van der Waals surface area contributed by atoms with Crippen LogP contribution in [0.1, 0.15) is 32.3 Å². The highest BCUT2D eigenvalue weighted by Crippen LogP contribution is 2.44. The Labute approximate surface area is 116 Å². The van der Waals surface area contributed by atoms with Crippen molar-refractivity contribution >= 4 is 0 Å². The van der Waals surface area contributed by atoms with Gasteiger partial charge in [0.05, 0.1) is 6.10 Å². The summed E-state index contributed by atoms with van der Waals surface area (Å²) in [5.41, 5.74) is 1.52. The third kappa shape index (κ3) is 4.51. The Morgan fingerprint density at radius 1 is 1.26 bits per heavy atom. The second kappa shape index (κ2) is 6.40. The van der Waals surface area contributed by atoms with Gasteiger partial charge in [0.1, 0.15) is 5.75 Å². The molecule has 1 aromatic rings. The average molecular weight is 263 g/mol. The Hall–Kier alpha value is -1.06. The van der Waals surface area contributed by atoms with E-state index in [0.29, 0.717) is 6.61 Å². The molecule has 106 valence electrons. The lowest BCUT2D eigenvalue weighted by molar-refractivity contribution is 0.208. The van der Waals surface area contributed by atoms with Gasteiger partial charge in [0.25, 0.3) is 0 Å². The minimum Gasteiger partial charge on any atom is -0.491 e. The monoisotopic (exact) mass is 263 g/mol. The lowest BCUT2D eigenvalue weighted by Crippen LogP contribution is -2.28. The van der Waals surface area contributed by atoms with Crippen LogP contribution in [0.4, 0.5) is 0 Å². The van der Waals surface area contributed by atoms with Crippen LogP contribution in [0.3, 0.4) is 0 Å². The molecule has 1 saturated carbocycles. The smallest absolute Gasteiger partial charge is 0.119 e. The van der Waals surface area contributed by atoms with Crippen molar-refractivity contribution in [2.75, 3.05) is 19.7 Å². The second-order valence-electron chi connectivity index (χ2n) is 5.90. The highest BCUT2D eigenvalue weighted by molar-refractivity contribution is 5.27. The van der Waals surface area contributed by atoms with Crippen LogP contribution in [0.25, 0.3) is 0 Å². The fourth-order valence-electron chi connectivity index (χ4n) is 2.16. The van der Waals surface area contributed by atoms with Crippen molar-refractivity contribution in [1.29, 1.82) is 0 Å². The molecular formula is C16H25NO2. The Balaban J connectivity index is 1.68. The molecule has 3 nitrogen and oxygen atoms in total. The van der Waals surface area contributed by atoms with E-state index in [-0.39, 0.29) is 11.5 Å². The third-order valence-electron chi connectivity index (χ3n) is 3.68. The molecule has 0 aliphatic heterocycles. The summed E-state index contributed by atoms with van der Waals surface area (Å²) in [5.74, 6) is 0.934. The highest BCUT2D eigenvalue weighted by atomic mass is 16.5. The van der Waals surface area contributed by atoms with Crippen LogP contribution in [-0.4, -0.2) is 30.9 Å². The Morgan fingerprint density at radius 2 is 1.95 bits per heavy atom. The normalized spacial score (nSPS) is 16.6. The average Bonchev–Trinajstić information content (AvgIpc) is 3.17. The first kappa shape index (κ1) is 14.4. The molecule has 1 aliphatic carbocycles. The number of benzene rings is 1. The van der Waals surface area contributed by atoms with Crippen molar-refractivity contribution in [3.8, 4) is 5.75 Å². The van der Waals surface area contributed by atoms with Crippen LogP contribution >= 0.6 is 0 Å². The summed E-state index contributed by atoms with van der Waals surface area (Å²) in [6.45, 7) is 6.30. The number of aliphatic hydroxyl groups excluding tert-OH is 1. The van der Waals surface area contributed by atoms with E-state index in [0.717, 1.165) is 38.1 Å². The molecule has 0 aromatic heterocycles. The summed E-state index contributed by atoms with van der Waals surface area (Å²) in [6, 6.07) is 8.31. The van der Waals surface area contributed by atoms with Gasteiger partial charge in [0, 0.05) is 18.6 Å².